The maximum absolute atomic E-state index is 10.6. The Morgan fingerprint density at radius 1 is 0.619 bits per heavy atom. The van der Waals surface area contributed by atoms with Crippen LogP contribution in [0.25, 0.3) is 0 Å². The summed E-state index contributed by atoms with van der Waals surface area (Å²) in [4.78, 5) is 7.42. The average Bonchev–Trinajstić information content (AvgIpc) is 3.00. The smallest absolute Gasteiger partial charge is 0.137 e. The van der Waals surface area contributed by atoms with E-state index < -0.39 is 12.2 Å². The fourth-order valence-electron chi connectivity index (χ4n) is 5.72. The molecule has 0 aliphatic carbocycles. The number of aliphatic hydroxyl groups is 2. The predicted octanol–water partition coefficient (Wildman–Crippen LogP) is 1.28. The molecule has 2 aliphatic heterocycles. The molecule has 3 aromatic rings. The lowest BCUT2D eigenvalue weighted by molar-refractivity contribution is -0.903. The van der Waals surface area contributed by atoms with Crippen molar-refractivity contribution in [2.24, 2.45) is 0 Å². The summed E-state index contributed by atoms with van der Waals surface area (Å²) in [6.45, 7) is 9.36. The fraction of sp³-hybridized carbons (Fsp3) is 0.438. The lowest BCUT2D eigenvalue weighted by atomic mass is 10.2. The molecule has 10 heteroatoms. The predicted molar refractivity (Wildman–Crippen MR) is 168 cm³/mol. The Kier molecular flexibility index (Phi) is 11.1. The molecule has 0 radical (unpaired) electrons. The molecule has 0 saturated carbocycles. The minimum Gasteiger partial charge on any atom is -0.491 e. The molecule has 2 fully saturated rings. The number of benzene rings is 3. The zero-order valence-corrected chi connectivity index (χ0v) is 25.4. The van der Waals surface area contributed by atoms with Crippen LogP contribution in [-0.4, -0.2) is 101 Å². The number of nitrogens with zero attached hydrogens (tertiary/aromatic N) is 2. The van der Waals surface area contributed by atoms with E-state index in [1.54, 1.807) is 0 Å². The van der Waals surface area contributed by atoms with Crippen LogP contribution >= 0.6 is 23.2 Å². The molecule has 2 atom stereocenters. The number of aliphatic hydroxyl groups excluding tert-OH is 2. The summed E-state index contributed by atoms with van der Waals surface area (Å²) in [5, 5.41) is 22.6. The summed E-state index contributed by atoms with van der Waals surface area (Å²) >= 11 is 12.3. The van der Waals surface area contributed by atoms with Gasteiger partial charge in [-0.1, -0.05) is 35.3 Å². The Labute approximate surface area is 258 Å². The van der Waals surface area contributed by atoms with Gasteiger partial charge in [0.05, 0.1) is 52.4 Å². The first-order chi connectivity index (χ1) is 20.4. The third-order valence-corrected chi connectivity index (χ3v) is 8.52. The Hall–Kier alpha value is -2.72. The van der Waals surface area contributed by atoms with Crippen molar-refractivity contribution in [1.82, 2.24) is 0 Å². The molecule has 3 aromatic carbocycles. The van der Waals surface area contributed by atoms with E-state index in [2.05, 4.69) is 21.9 Å². The van der Waals surface area contributed by atoms with Gasteiger partial charge in [-0.15, -0.1) is 0 Å². The molecule has 0 amide bonds. The van der Waals surface area contributed by atoms with Gasteiger partial charge in [0.1, 0.15) is 50.0 Å². The lowest BCUT2D eigenvalue weighted by Crippen LogP contribution is -3.16. The van der Waals surface area contributed by atoms with E-state index >= 15 is 0 Å². The number of nitrogens with one attached hydrogen (secondary N) is 2. The topological polar surface area (TPSA) is 74.3 Å². The summed E-state index contributed by atoms with van der Waals surface area (Å²) in [6.07, 6.45) is -1.09. The second-order valence-corrected chi connectivity index (χ2v) is 12.1. The van der Waals surface area contributed by atoms with Gasteiger partial charge in [0, 0.05) is 21.4 Å². The van der Waals surface area contributed by atoms with Crippen molar-refractivity contribution < 1.29 is 29.5 Å². The van der Waals surface area contributed by atoms with Crippen molar-refractivity contribution >= 4 is 34.6 Å². The van der Waals surface area contributed by atoms with E-state index in [0.29, 0.717) is 24.6 Å². The first-order valence-electron chi connectivity index (χ1n) is 14.8. The van der Waals surface area contributed by atoms with Gasteiger partial charge in [-0.3, -0.25) is 0 Å². The first-order valence-corrected chi connectivity index (χ1v) is 15.6. The number of rotatable bonds is 12. The van der Waals surface area contributed by atoms with Crippen molar-refractivity contribution in [3.63, 3.8) is 0 Å². The number of ether oxygens (including phenoxy) is 2. The van der Waals surface area contributed by atoms with Crippen LogP contribution in [0.2, 0.25) is 10.0 Å². The third-order valence-electron chi connectivity index (χ3n) is 8.04. The zero-order chi connectivity index (χ0) is 29.3. The standard InChI is InChI=1S/C32H40Cl2N4O4/c33-25-3-1-5-27(19-25)37-15-11-35(12-16-37)21-29(39)23-41-31-7-9-32(10-8-31)42-24-30(40)22-36-13-17-38(18-14-36)28-6-2-4-26(34)20-28/h1-10,19-20,29-30,39-40H,11-18,21-24H2/p+2. The van der Waals surface area contributed by atoms with Crippen LogP contribution in [0.15, 0.2) is 72.8 Å². The summed E-state index contributed by atoms with van der Waals surface area (Å²) in [7, 11) is 0. The Balaban J connectivity index is 0.956. The van der Waals surface area contributed by atoms with Gasteiger partial charge in [-0.05, 0) is 60.7 Å². The van der Waals surface area contributed by atoms with Crippen molar-refractivity contribution in [2.45, 2.75) is 12.2 Å². The minimum atomic E-state index is -0.543. The molecule has 226 valence electrons. The zero-order valence-electron chi connectivity index (χ0n) is 23.9. The van der Waals surface area contributed by atoms with Gasteiger partial charge >= 0.3 is 0 Å². The minimum absolute atomic E-state index is 0.244. The molecule has 4 N–H and O–H groups in total. The van der Waals surface area contributed by atoms with Crippen LogP contribution in [0.5, 0.6) is 11.5 Å². The van der Waals surface area contributed by atoms with Crippen LogP contribution in [0.3, 0.4) is 0 Å². The Morgan fingerprint density at radius 3 is 1.36 bits per heavy atom. The van der Waals surface area contributed by atoms with Crippen molar-refractivity contribution in [3.05, 3.63) is 82.8 Å². The van der Waals surface area contributed by atoms with Crippen molar-refractivity contribution in [3.8, 4) is 11.5 Å². The normalized spacial score (nSPS) is 18.1. The van der Waals surface area contributed by atoms with Crippen LogP contribution in [0.1, 0.15) is 0 Å². The molecule has 0 bridgehead atoms. The van der Waals surface area contributed by atoms with E-state index in [4.69, 9.17) is 32.7 Å². The monoisotopic (exact) mass is 616 g/mol. The SMILES string of the molecule is OC(COc1ccc(OCC(O)C[NH+]2CCN(c3cccc(Cl)c3)CC2)cc1)C[NH+]1CCN(c2cccc(Cl)c2)CC1. The molecule has 0 aromatic heterocycles. The number of piperazine rings is 2. The van der Waals surface area contributed by atoms with Gasteiger partial charge < -0.3 is 39.3 Å². The van der Waals surface area contributed by atoms with Crippen LogP contribution in [0, 0.1) is 0 Å². The van der Waals surface area contributed by atoms with Gasteiger partial charge in [-0.2, -0.15) is 0 Å². The van der Waals surface area contributed by atoms with Crippen molar-refractivity contribution in [2.75, 3.05) is 88.5 Å². The number of quaternary nitrogens is 2. The van der Waals surface area contributed by atoms with Crippen LogP contribution in [0.4, 0.5) is 11.4 Å². The molecular weight excluding hydrogens is 575 g/mol. The third kappa shape index (κ3) is 9.14. The highest BCUT2D eigenvalue weighted by atomic mass is 35.5. The van der Waals surface area contributed by atoms with Gasteiger partial charge in [-0.25, -0.2) is 0 Å². The van der Waals surface area contributed by atoms with E-state index in [0.717, 1.165) is 73.8 Å². The van der Waals surface area contributed by atoms with E-state index in [-0.39, 0.29) is 13.2 Å². The van der Waals surface area contributed by atoms with Crippen molar-refractivity contribution in [1.29, 1.82) is 0 Å². The number of anilines is 2. The molecule has 2 unspecified atom stereocenters. The molecule has 42 heavy (non-hydrogen) atoms. The van der Waals surface area contributed by atoms with Gasteiger partial charge in [0.2, 0.25) is 0 Å². The molecular formula is C32H42Cl2N4O4+2. The molecule has 2 heterocycles. The Morgan fingerprint density at radius 2 is 1.00 bits per heavy atom. The maximum atomic E-state index is 10.6. The largest absolute Gasteiger partial charge is 0.491 e. The summed E-state index contributed by atoms with van der Waals surface area (Å²) in [6, 6.07) is 23.3. The highest BCUT2D eigenvalue weighted by Crippen LogP contribution is 2.21. The fourth-order valence-corrected chi connectivity index (χ4v) is 6.09. The molecule has 2 saturated heterocycles. The number of halogens is 2. The highest BCUT2D eigenvalue weighted by Gasteiger charge is 2.24. The molecule has 0 spiro atoms. The Bertz CT molecular complexity index is 1150. The first kappa shape index (κ1) is 30.7. The summed E-state index contributed by atoms with van der Waals surface area (Å²) in [5.74, 6) is 1.37. The van der Waals surface area contributed by atoms with E-state index in [9.17, 15) is 10.2 Å². The van der Waals surface area contributed by atoms with E-state index in [1.807, 2.05) is 60.7 Å². The highest BCUT2D eigenvalue weighted by molar-refractivity contribution is 6.31. The average molecular weight is 618 g/mol. The lowest BCUT2D eigenvalue weighted by Gasteiger charge is -2.34. The summed E-state index contributed by atoms with van der Waals surface area (Å²) in [5.41, 5.74) is 2.30. The second kappa shape index (κ2) is 15.1. The maximum Gasteiger partial charge on any atom is 0.137 e. The van der Waals surface area contributed by atoms with Crippen LogP contribution < -0.4 is 29.1 Å². The van der Waals surface area contributed by atoms with E-state index in [1.165, 1.54) is 9.80 Å². The van der Waals surface area contributed by atoms with Crippen LogP contribution in [-0.2, 0) is 0 Å². The molecule has 8 nitrogen and oxygen atoms in total. The molecule has 2 aliphatic rings. The second-order valence-electron chi connectivity index (χ2n) is 11.2. The summed E-state index contributed by atoms with van der Waals surface area (Å²) < 4.78 is 11.7. The number of hydrogen-bond donors (Lipinski definition) is 4. The van der Waals surface area contributed by atoms with Gasteiger partial charge in [0.15, 0.2) is 0 Å². The molecule has 5 rings (SSSR count). The quantitative estimate of drug-likeness (QED) is 0.246. The number of hydrogen-bond acceptors (Lipinski definition) is 6. The van der Waals surface area contributed by atoms with Gasteiger partial charge in [0.25, 0.3) is 0 Å².